The highest BCUT2D eigenvalue weighted by Crippen LogP contribution is 2.50. The maximum atomic E-state index is 13.8. The molecule has 0 unspecified atom stereocenters. The van der Waals surface area contributed by atoms with Crippen LogP contribution in [0.3, 0.4) is 0 Å². The van der Waals surface area contributed by atoms with Crippen molar-refractivity contribution in [3.63, 3.8) is 0 Å². The lowest BCUT2D eigenvalue weighted by molar-refractivity contribution is -0.122. The molecule has 33 heavy (non-hydrogen) atoms. The van der Waals surface area contributed by atoms with Gasteiger partial charge in [0.15, 0.2) is 0 Å². The van der Waals surface area contributed by atoms with Crippen LogP contribution < -0.4 is 4.90 Å². The topological polar surface area (TPSA) is 63.7 Å². The Bertz CT molecular complexity index is 1150. The molecule has 1 fully saturated rings. The van der Waals surface area contributed by atoms with Crippen LogP contribution in [0.5, 0.6) is 0 Å². The molecule has 2 aliphatic rings. The highest BCUT2D eigenvalue weighted by molar-refractivity contribution is 6.23. The maximum Gasteiger partial charge on any atom is 0.337 e. The van der Waals surface area contributed by atoms with Crippen molar-refractivity contribution in [1.82, 2.24) is 0 Å². The number of anilines is 1. The summed E-state index contributed by atoms with van der Waals surface area (Å²) in [5.41, 5.74) is 2.85. The van der Waals surface area contributed by atoms with Crippen molar-refractivity contribution in [2.24, 2.45) is 11.8 Å². The smallest absolute Gasteiger partial charge is 0.337 e. The fourth-order valence-corrected chi connectivity index (χ4v) is 5.05. The van der Waals surface area contributed by atoms with Crippen LogP contribution in [0.25, 0.3) is 0 Å². The number of ether oxygens (including phenoxy) is 1. The quantitative estimate of drug-likeness (QED) is 0.337. The number of imide groups is 1. The van der Waals surface area contributed by atoms with Crippen molar-refractivity contribution >= 4 is 23.5 Å². The van der Waals surface area contributed by atoms with E-state index in [2.05, 4.69) is 12.2 Å². The predicted octanol–water partition coefficient (Wildman–Crippen LogP) is 4.72. The molecular formula is C28H23NO4. The summed E-state index contributed by atoms with van der Waals surface area (Å²) >= 11 is 0. The first kappa shape index (κ1) is 20.9. The van der Waals surface area contributed by atoms with Crippen LogP contribution in [0.4, 0.5) is 5.69 Å². The monoisotopic (exact) mass is 437 g/mol. The second-order valence-corrected chi connectivity index (χ2v) is 8.36. The van der Waals surface area contributed by atoms with Gasteiger partial charge in [0.2, 0.25) is 11.8 Å². The Morgan fingerprint density at radius 1 is 0.697 bits per heavy atom. The number of fused-ring (bicyclic) bond motifs is 1. The Hall–Kier alpha value is -3.99. The number of methoxy groups -OCH3 is 1. The SMILES string of the molecule is COC(=O)c1ccc(N2C(=O)[C@@H]3[C@@H](C2=O)[C@@H](c2ccccc2)C=C[C@@H]3c2ccccc2)cc1. The minimum absolute atomic E-state index is 0.188. The van der Waals surface area contributed by atoms with Crippen LogP contribution in [-0.4, -0.2) is 24.9 Å². The highest BCUT2D eigenvalue weighted by atomic mass is 16.5. The third kappa shape index (κ3) is 3.55. The van der Waals surface area contributed by atoms with Gasteiger partial charge in [-0.2, -0.15) is 0 Å². The molecule has 1 aliphatic carbocycles. The van der Waals surface area contributed by atoms with Gasteiger partial charge in [0.25, 0.3) is 0 Å². The molecule has 164 valence electrons. The summed E-state index contributed by atoms with van der Waals surface area (Å²) in [5.74, 6) is -2.28. The fraction of sp³-hybridized carbons (Fsp3) is 0.179. The zero-order valence-electron chi connectivity index (χ0n) is 18.1. The zero-order chi connectivity index (χ0) is 22.9. The van der Waals surface area contributed by atoms with Crippen LogP contribution in [0.15, 0.2) is 97.1 Å². The third-order valence-corrected chi connectivity index (χ3v) is 6.61. The second kappa shape index (κ2) is 8.51. The molecule has 0 spiro atoms. The summed E-state index contributed by atoms with van der Waals surface area (Å²) in [6.07, 6.45) is 4.15. The molecule has 2 amide bonds. The first-order valence-electron chi connectivity index (χ1n) is 10.9. The van der Waals surface area contributed by atoms with Gasteiger partial charge in [0.05, 0.1) is 30.2 Å². The minimum atomic E-state index is -0.504. The summed E-state index contributed by atoms with van der Waals surface area (Å²) < 4.78 is 4.75. The van der Waals surface area contributed by atoms with Gasteiger partial charge in [-0.15, -0.1) is 0 Å². The molecule has 0 bridgehead atoms. The van der Waals surface area contributed by atoms with Crippen molar-refractivity contribution in [2.45, 2.75) is 11.8 Å². The lowest BCUT2D eigenvalue weighted by Gasteiger charge is -2.32. The molecule has 3 aromatic rings. The number of hydrogen-bond donors (Lipinski definition) is 0. The van der Waals surface area contributed by atoms with Gasteiger partial charge < -0.3 is 4.74 Å². The Morgan fingerprint density at radius 3 is 1.58 bits per heavy atom. The average Bonchev–Trinajstić information content (AvgIpc) is 3.14. The molecule has 0 saturated carbocycles. The van der Waals surface area contributed by atoms with E-state index in [1.165, 1.54) is 12.0 Å². The van der Waals surface area contributed by atoms with E-state index in [0.717, 1.165) is 11.1 Å². The lowest BCUT2D eigenvalue weighted by Crippen LogP contribution is -2.31. The van der Waals surface area contributed by atoms with Gasteiger partial charge >= 0.3 is 5.97 Å². The van der Waals surface area contributed by atoms with E-state index in [1.54, 1.807) is 24.3 Å². The molecule has 5 nitrogen and oxygen atoms in total. The Morgan fingerprint density at radius 2 is 1.15 bits per heavy atom. The standard InChI is InChI=1S/C28H23NO4/c1-33-28(32)20-12-14-21(15-13-20)29-26(30)24-22(18-8-4-2-5-9-18)16-17-23(25(24)27(29)31)19-10-6-3-7-11-19/h2-17,22-25H,1H3/t22-,23-,24+,25+/m1/s1. The molecular weight excluding hydrogens is 414 g/mol. The van der Waals surface area contributed by atoms with Crippen molar-refractivity contribution in [3.05, 3.63) is 114 Å². The first-order chi connectivity index (χ1) is 16.1. The largest absolute Gasteiger partial charge is 0.465 e. The number of allylic oxidation sites excluding steroid dienone is 2. The maximum absolute atomic E-state index is 13.8. The van der Waals surface area contributed by atoms with Crippen LogP contribution in [0, 0.1) is 11.8 Å². The van der Waals surface area contributed by atoms with Crippen LogP contribution in [0.2, 0.25) is 0 Å². The fourth-order valence-electron chi connectivity index (χ4n) is 5.05. The number of hydrogen-bond acceptors (Lipinski definition) is 4. The van der Waals surface area contributed by atoms with E-state index in [-0.39, 0.29) is 23.7 Å². The number of carbonyl (C=O) groups excluding carboxylic acids is 3. The van der Waals surface area contributed by atoms with Crippen molar-refractivity contribution in [3.8, 4) is 0 Å². The Kier molecular flexibility index (Phi) is 5.38. The molecule has 5 rings (SSSR count). The van der Waals surface area contributed by atoms with Crippen LogP contribution >= 0.6 is 0 Å². The van der Waals surface area contributed by atoms with E-state index in [9.17, 15) is 14.4 Å². The van der Waals surface area contributed by atoms with E-state index >= 15 is 0 Å². The van der Waals surface area contributed by atoms with Crippen LogP contribution in [0.1, 0.15) is 33.3 Å². The summed E-state index contributed by atoms with van der Waals surface area (Å²) in [6.45, 7) is 0. The van der Waals surface area contributed by atoms with Gasteiger partial charge in [0.1, 0.15) is 0 Å². The lowest BCUT2D eigenvalue weighted by atomic mass is 9.68. The molecule has 5 heteroatoms. The van der Waals surface area contributed by atoms with Crippen molar-refractivity contribution in [2.75, 3.05) is 12.0 Å². The van der Waals surface area contributed by atoms with Gasteiger partial charge in [-0.1, -0.05) is 72.8 Å². The number of nitrogens with zero attached hydrogens (tertiary/aromatic N) is 1. The van der Waals surface area contributed by atoms with E-state index in [1.807, 2.05) is 60.7 Å². The summed E-state index contributed by atoms with van der Waals surface area (Å²) in [7, 11) is 1.31. The molecule has 0 radical (unpaired) electrons. The minimum Gasteiger partial charge on any atom is -0.465 e. The average molecular weight is 437 g/mol. The van der Waals surface area contributed by atoms with Gasteiger partial charge in [-0.05, 0) is 35.4 Å². The van der Waals surface area contributed by atoms with Gasteiger partial charge in [-0.25, -0.2) is 9.69 Å². The van der Waals surface area contributed by atoms with Gasteiger partial charge in [0, 0.05) is 11.8 Å². The summed E-state index contributed by atoms with van der Waals surface area (Å²) in [4.78, 5) is 40.6. The molecule has 1 aliphatic heterocycles. The Labute approximate surface area is 192 Å². The third-order valence-electron chi connectivity index (χ3n) is 6.61. The Balaban J connectivity index is 1.58. The van der Waals surface area contributed by atoms with Gasteiger partial charge in [-0.3, -0.25) is 9.59 Å². The summed E-state index contributed by atoms with van der Waals surface area (Å²) in [5, 5.41) is 0. The molecule has 0 aromatic heterocycles. The number of rotatable bonds is 4. The highest BCUT2D eigenvalue weighted by Gasteiger charge is 2.55. The van der Waals surface area contributed by atoms with Crippen molar-refractivity contribution < 1.29 is 19.1 Å². The molecule has 1 heterocycles. The number of esters is 1. The number of amides is 2. The van der Waals surface area contributed by atoms with E-state index in [0.29, 0.717) is 11.3 Å². The normalized spacial score (nSPS) is 24.0. The second-order valence-electron chi connectivity index (χ2n) is 8.36. The van der Waals surface area contributed by atoms with Crippen molar-refractivity contribution in [1.29, 1.82) is 0 Å². The predicted molar refractivity (Wildman–Crippen MR) is 125 cm³/mol. The molecule has 1 saturated heterocycles. The van der Waals surface area contributed by atoms with Crippen LogP contribution in [-0.2, 0) is 14.3 Å². The zero-order valence-corrected chi connectivity index (χ0v) is 18.1. The van der Waals surface area contributed by atoms with E-state index < -0.39 is 17.8 Å². The first-order valence-corrected chi connectivity index (χ1v) is 10.9. The van der Waals surface area contributed by atoms with E-state index in [4.69, 9.17) is 4.74 Å². The number of carbonyl (C=O) groups is 3. The molecule has 4 atom stereocenters. The number of benzene rings is 3. The summed E-state index contributed by atoms with van der Waals surface area (Å²) in [6, 6.07) is 26.1. The molecule has 3 aromatic carbocycles. The molecule has 0 N–H and O–H groups in total.